The number of hydrogen-bond acceptors (Lipinski definition) is 9. The van der Waals surface area contributed by atoms with Gasteiger partial charge < -0.3 is 23.8 Å². The van der Waals surface area contributed by atoms with Gasteiger partial charge in [0.25, 0.3) is 0 Å². The quantitative estimate of drug-likeness (QED) is 0.250. The van der Waals surface area contributed by atoms with Gasteiger partial charge >= 0.3 is 12.0 Å². The molecule has 0 amide bonds. The van der Waals surface area contributed by atoms with Crippen molar-refractivity contribution in [1.82, 2.24) is 20.3 Å². The fourth-order valence-corrected chi connectivity index (χ4v) is 6.50. The highest BCUT2D eigenvalue weighted by Crippen LogP contribution is 2.47. The first-order valence-corrected chi connectivity index (χ1v) is 14.1. The Kier molecular flexibility index (Phi) is 6.48. The summed E-state index contributed by atoms with van der Waals surface area (Å²) in [7, 11) is 0. The number of benzene rings is 1. The Morgan fingerprint density at radius 3 is 2.40 bits per heavy atom. The molecule has 7 rings (SSSR count). The molecule has 3 aromatic heterocycles. The SMILES string of the molecule is O=C(O)c1cccc(-c2noc(N3[C@@H]4CC[C@H]3CC(OCc3c(-c5c(Cl)cccc5Cl)noc3C3CC3)C4)n2)n1. The molecular weight excluding hydrogens is 557 g/mol. The predicted molar refractivity (Wildman–Crippen MR) is 146 cm³/mol. The van der Waals surface area contributed by atoms with E-state index in [0.29, 0.717) is 45.5 Å². The molecule has 40 heavy (non-hydrogen) atoms. The number of aromatic nitrogens is 4. The number of carboxylic acid groups (broad SMARTS) is 1. The van der Waals surface area contributed by atoms with E-state index >= 15 is 0 Å². The standard InChI is InChI=1S/C28H25Cl2N5O5/c29-19-3-1-4-20(30)23(19)24-18(25(39-33-24)14-7-8-14)13-38-17-11-15-9-10-16(12-17)35(15)28-32-26(34-40-28)21-5-2-6-22(31-21)27(36)37/h1-6,14-17H,7-13H2,(H,36,37)/t15-,16+,17?. The number of halogens is 2. The van der Waals surface area contributed by atoms with Gasteiger partial charge in [0, 0.05) is 29.1 Å². The van der Waals surface area contributed by atoms with Crippen LogP contribution in [0.15, 0.2) is 45.4 Å². The van der Waals surface area contributed by atoms with E-state index in [2.05, 4.69) is 25.2 Å². The van der Waals surface area contributed by atoms with E-state index in [1.165, 1.54) is 6.07 Å². The molecule has 1 N–H and O–H groups in total. The first-order valence-electron chi connectivity index (χ1n) is 13.3. The van der Waals surface area contributed by atoms with E-state index in [4.69, 9.17) is 37.0 Å². The zero-order chi connectivity index (χ0) is 27.4. The van der Waals surface area contributed by atoms with Crippen molar-refractivity contribution in [2.75, 3.05) is 4.90 Å². The summed E-state index contributed by atoms with van der Waals surface area (Å²) in [5.41, 5.74) is 2.53. The summed E-state index contributed by atoms with van der Waals surface area (Å²) in [5, 5.41) is 18.8. The second-order valence-electron chi connectivity index (χ2n) is 10.6. The smallest absolute Gasteiger partial charge is 0.354 e. The summed E-state index contributed by atoms with van der Waals surface area (Å²) in [5.74, 6) is 0.381. The first-order chi connectivity index (χ1) is 19.5. The monoisotopic (exact) mass is 581 g/mol. The number of hydrogen-bond donors (Lipinski definition) is 1. The number of piperidine rings is 1. The van der Waals surface area contributed by atoms with Crippen molar-refractivity contribution in [2.45, 2.75) is 69.2 Å². The van der Waals surface area contributed by atoms with Gasteiger partial charge in [-0.3, -0.25) is 0 Å². The summed E-state index contributed by atoms with van der Waals surface area (Å²) in [6, 6.07) is 10.9. The molecule has 1 unspecified atom stereocenters. The van der Waals surface area contributed by atoms with Gasteiger partial charge in [-0.15, -0.1) is 0 Å². The molecule has 3 fully saturated rings. The molecule has 2 saturated heterocycles. The average Bonchev–Trinajstić information content (AvgIpc) is 3.41. The van der Waals surface area contributed by atoms with E-state index < -0.39 is 5.97 Å². The van der Waals surface area contributed by atoms with E-state index in [9.17, 15) is 9.90 Å². The zero-order valence-corrected chi connectivity index (χ0v) is 22.8. The molecule has 206 valence electrons. The summed E-state index contributed by atoms with van der Waals surface area (Å²) in [6.07, 6.45) is 5.80. The third-order valence-electron chi connectivity index (χ3n) is 7.95. The number of pyridine rings is 1. The number of aromatic carboxylic acids is 1. The van der Waals surface area contributed by atoms with Gasteiger partial charge in [0.15, 0.2) is 0 Å². The van der Waals surface area contributed by atoms with Crippen LogP contribution in [0.5, 0.6) is 0 Å². The number of anilines is 1. The highest BCUT2D eigenvalue weighted by Gasteiger charge is 2.44. The minimum atomic E-state index is -1.11. The molecule has 2 aliphatic heterocycles. The Hall–Kier alpha value is -3.47. The summed E-state index contributed by atoms with van der Waals surface area (Å²) in [6.45, 7) is 0.368. The number of carboxylic acids is 1. The second kappa shape index (κ2) is 10.2. The minimum Gasteiger partial charge on any atom is -0.477 e. The number of nitrogens with zero attached hydrogens (tertiary/aromatic N) is 5. The molecule has 0 spiro atoms. The van der Waals surface area contributed by atoms with Crippen LogP contribution in [0.25, 0.3) is 22.8 Å². The molecule has 12 heteroatoms. The van der Waals surface area contributed by atoms with Crippen molar-refractivity contribution in [3.05, 3.63) is 63.5 Å². The zero-order valence-electron chi connectivity index (χ0n) is 21.3. The van der Waals surface area contributed by atoms with E-state index in [1.807, 2.05) is 6.07 Å². The van der Waals surface area contributed by atoms with Crippen LogP contribution in [0.4, 0.5) is 6.01 Å². The molecule has 2 bridgehead atoms. The molecule has 10 nitrogen and oxygen atoms in total. The Morgan fingerprint density at radius 1 is 0.975 bits per heavy atom. The maximum atomic E-state index is 11.3. The van der Waals surface area contributed by atoms with Crippen molar-refractivity contribution in [1.29, 1.82) is 0 Å². The topological polar surface area (TPSA) is 128 Å². The highest BCUT2D eigenvalue weighted by atomic mass is 35.5. The van der Waals surface area contributed by atoms with Crippen LogP contribution in [-0.4, -0.2) is 49.5 Å². The summed E-state index contributed by atoms with van der Waals surface area (Å²) in [4.78, 5) is 22.2. The van der Waals surface area contributed by atoms with Crippen LogP contribution in [0.2, 0.25) is 10.0 Å². The van der Waals surface area contributed by atoms with Gasteiger partial charge in [-0.05, 0) is 62.8 Å². The molecule has 3 atom stereocenters. The van der Waals surface area contributed by atoms with Crippen LogP contribution >= 0.6 is 23.2 Å². The molecule has 1 aliphatic carbocycles. The minimum absolute atomic E-state index is 0.0431. The van der Waals surface area contributed by atoms with Crippen LogP contribution < -0.4 is 4.90 Å². The van der Waals surface area contributed by atoms with Crippen LogP contribution in [-0.2, 0) is 11.3 Å². The van der Waals surface area contributed by atoms with E-state index in [1.54, 1.807) is 24.3 Å². The molecule has 4 aromatic rings. The molecule has 3 aliphatic rings. The van der Waals surface area contributed by atoms with E-state index in [0.717, 1.165) is 49.8 Å². The summed E-state index contributed by atoms with van der Waals surface area (Å²) < 4.78 is 17.9. The van der Waals surface area contributed by atoms with Gasteiger partial charge in [0.2, 0.25) is 5.82 Å². The third-order valence-corrected chi connectivity index (χ3v) is 8.58. The molecule has 1 aromatic carbocycles. The lowest BCUT2D eigenvalue weighted by Gasteiger charge is -2.37. The van der Waals surface area contributed by atoms with Crippen molar-refractivity contribution >= 4 is 35.2 Å². The number of rotatable bonds is 8. The lowest BCUT2D eigenvalue weighted by atomic mass is 9.99. The maximum Gasteiger partial charge on any atom is 0.354 e. The first kappa shape index (κ1) is 25.5. The number of carbonyl (C=O) groups is 1. The normalized spacial score (nSPS) is 22.1. The Bertz CT molecular complexity index is 1550. The number of fused-ring (bicyclic) bond motifs is 2. The van der Waals surface area contributed by atoms with Crippen molar-refractivity contribution in [3.8, 4) is 22.8 Å². The lowest BCUT2D eigenvalue weighted by molar-refractivity contribution is 0.0138. The van der Waals surface area contributed by atoms with Gasteiger partial charge in [-0.2, -0.15) is 4.98 Å². The summed E-state index contributed by atoms with van der Waals surface area (Å²) >= 11 is 13.0. The van der Waals surface area contributed by atoms with Gasteiger partial charge in [0.1, 0.15) is 22.8 Å². The fourth-order valence-electron chi connectivity index (χ4n) is 5.93. The Labute approximate surface area is 239 Å². The number of ether oxygens (including phenoxy) is 1. The molecule has 0 radical (unpaired) electrons. The predicted octanol–water partition coefficient (Wildman–Crippen LogP) is 6.39. The van der Waals surface area contributed by atoms with Crippen molar-refractivity contribution in [3.63, 3.8) is 0 Å². The third kappa shape index (κ3) is 4.63. The highest BCUT2D eigenvalue weighted by molar-refractivity contribution is 6.39. The Morgan fingerprint density at radius 2 is 1.70 bits per heavy atom. The molecular formula is C28H25Cl2N5O5. The van der Waals surface area contributed by atoms with Gasteiger partial charge in [-0.25, -0.2) is 9.78 Å². The van der Waals surface area contributed by atoms with Gasteiger partial charge in [0.05, 0.1) is 22.8 Å². The average molecular weight is 582 g/mol. The Balaban J connectivity index is 1.07. The van der Waals surface area contributed by atoms with Crippen LogP contribution in [0, 0.1) is 0 Å². The maximum absolute atomic E-state index is 11.3. The lowest BCUT2D eigenvalue weighted by Crippen LogP contribution is -2.45. The van der Waals surface area contributed by atoms with Crippen LogP contribution in [0.3, 0.4) is 0 Å². The molecule has 1 saturated carbocycles. The van der Waals surface area contributed by atoms with Crippen LogP contribution in [0.1, 0.15) is 66.3 Å². The van der Waals surface area contributed by atoms with E-state index in [-0.39, 0.29) is 29.7 Å². The second-order valence-corrected chi connectivity index (χ2v) is 11.4. The largest absolute Gasteiger partial charge is 0.477 e. The van der Waals surface area contributed by atoms with Gasteiger partial charge in [-0.1, -0.05) is 45.6 Å². The molecule has 5 heterocycles. The van der Waals surface area contributed by atoms with Crippen molar-refractivity contribution in [2.24, 2.45) is 0 Å². The van der Waals surface area contributed by atoms with Crippen molar-refractivity contribution < 1.29 is 23.7 Å². The fraction of sp³-hybridized carbons (Fsp3) is 0.393.